The van der Waals surface area contributed by atoms with Crippen molar-refractivity contribution in [1.29, 1.82) is 0 Å². The molecule has 3 nitrogen and oxygen atoms in total. The largest absolute Gasteiger partial charge is 0.464 e. The number of rotatable bonds is 1. The van der Waals surface area contributed by atoms with E-state index in [1.807, 2.05) is 18.3 Å². The van der Waals surface area contributed by atoms with Crippen LogP contribution in [0.1, 0.15) is 18.0 Å². The molecule has 3 heterocycles. The Bertz CT molecular complexity index is 443. The van der Waals surface area contributed by atoms with Gasteiger partial charge in [-0.2, -0.15) is 0 Å². The summed E-state index contributed by atoms with van der Waals surface area (Å²) in [5, 5.41) is 4.52. The Morgan fingerprint density at radius 2 is 2.43 bits per heavy atom. The molecule has 1 unspecified atom stereocenters. The molecule has 2 aromatic heterocycles. The molecule has 14 heavy (non-hydrogen) atoms. The van der Waals surface area contributed by atoms with Crippen molar-refractivity contribution in [2.24, 2.45) is 0 Å². The van der Waals surface area contributed by atoms with E-state index in [-0.39, 0.29) is 0 Å². The number of nitrogens with zero attached hydrogens (tertiary/aromatic N) is 1. The van der Waals surface area contributed by atoms with Crippen LogP contribution in [0.15, 0.2) is 29.0 Å². The second kappa shape index (κ2) is 3.10. The van der Waals surface area contributed by atoms with E-state index in [0.717, 1.165) is 18.7 Å². The maximum atomic E-state index is 5.36. The normalized spacial score (nSPS) is 21.9. The molecule has 1 aliphatic rings. The highest BCUT2D eigenvalue weighted by molar-refractivity contribution is 5.79. The number of fused-ring (bicyclic) bond motifs is 1. The maximum Gasteiger partial charge on any atom is 0.137 e. The first-order valence-electron chi connectivity index (χ1n) is 4.98. The Balaban J connectivity index is 2.14. The number of pyridine rings is 1. The van der Waals surface area contributed by atoms with Gasteiger partial charge < -0.3 is 9.73 Å². The molecule has 2 aromatic rings. The number of furan rings is 1. The second-order valence-electron chi connectivity index (χ2n) is 3.72. The smallest absolute Gasteiger partial charge is 0.137 e. The molecule has 0 bridgehead atoms. The average Bonchev–Trinajstić information content (AvgIpc) is 2.88. The summed E-state index contributed by atoms with van der Waals surface area (Å²) in [5.74, 6) is 0.552. The standard InChI is InChI=1S/C11H12N2O/c1-4-12-7-8(1)11-9-3-6-14-10(9)2-5-13-11/h2-3,5-6,8,12H,1,4,7H2. The number of aromatic nitrogens is 1. The van der Waals surface area contributed by atoms with Crippen LogP contribution >= 0.6 is 0 Å². The molecule has 3 rings (SSSR count). The first-order valence-corrected chi connectivity index (χ1v) is 4.98. The quantitative estimate of drug-likeness (QED) is 0.742. The van der Waals surface area contributed by atoms with Crippen LogP contribution in [0.25, 0.3) is 11.0 Å². The van der Waals surface area contributed by atoms with Crippen molar-refractivity contribution in [3.63, 3.8) is 0 Å². The fourth-order valence-electron chi connectivity index (χ4n) is 2.13. The van der Waals surface area contributed by atoms with E-state index in [2.05, 4.69) is 10.3 Å². The Kier molecular flexibility index (Phi) is 1.77. The highest BCUT2D eigenvalue weighted by Gasteiger charge is 2.20. The lowest BCUT2D eigenvalue weighted by molar-refractivity contribution is 0.614. The van der Waals surface area contributed by atoms with E-state index in [1.54, 1.807) is 6.26 Å². The second-order valence-corrected chi connectivity index (χ2v) is 3.72. The van der Waals surface area contributed by atoms with Crippen LogP contribution in [0, 0.1) is 0 Å². The van der Waals surface area contributed by atoms with Crippen LogP contribution in [-0.2, 0) is 0 Å². The topological polar surface area (TPSA) is 38.1 Å². The molecule has 1 atom stereocenters. The van der Waals surface area contributed by atoms with Crippen LogP contribution in [-0.4, -0.2) is 18.1 Å². The molecular weight excluding hydrogens is 176 g/mol. The zero-order valence-corrected chi connectivity index (χ0v) is 7.86. The summed E-state index contributed by atoms with van der Waals surface area (Å²) >= 11 is 0. The van der Waals surface area contributed by atoms with Crippen molar-refractivity contribution in [3.05, 3.63) is 30.3 Å². The Morgan fingerprint density at radius 3 is 3.29 bits per heavy atom. The molecule has 1 saturated heterocycles. The highest BCUT2D eigenvalue weighted by Crippen LogP contribution is 2.27. The summed E-state index contributed by atoms with van der Waals surface area (Å²) in [7, 11) is 0. The van der Waals surface area contributed by atoms with Gasteiger partial charge in [0.15, 0.2) is 0 Å². The van der Waals surface area contributed by atoms with E-state index in [1.165, 1.54) is 17.5 Å². The van der Waals surface area contributed by atoms with Gasteiger partial charge in [-0.3, -0.25) is 4.98 Å². The van der Waals surface area contributed by atoms with Gasteiger partial charge in [-0.1, -0.05) is 0 Å². The third-order valence-corrected chi connectivity index (χ3v) is 2.86. The van der Waals surface area contributed by atoms with Crippen molar-refractivity contribution < 1.29 is 4.42 Å². The monoisotopic (exact) mass is 188 g/mol. The van der Waals surface area contributed by atoms with Gasteiger partial charge >= 0.3 is 0 Å². The molecule has 0 saturated carbocycles. The Hall–Kier alpha value is -1.35. The van der Waals surface area contributed by atoms with Gasteiger partial charge in [0.05, 0.1) is 12.0 Å². The third kappa shape index (κ3) is 1.13. The van der Waals surface area contributed by atoms with Gasteiger partial charge in [0.1, 0.15) is 5.58 Å². The molecule has 1 fully saturated rings. The SMILES string of the molecule is c1cc2occc2c(C2CCNC2)n1. The van der Waals surface area contributed by atoms with Gasteiger partial charge in [-0.15, -0.1) is 0 Å². The zero-order valence-electron chi connectivity index (χ0n) is 7.86. The lowest BCUT2D eigenvalue weighted by Crippen LogP contribution is -2.08. The number of nitrogens with one attached hydrogen (secondary N) is 1. The van der Waals surface area contributed by atoms with Crippen molar-refractivity contribution >= 4 is 11.0 Å². The molecule has 3 heteroatoms. The van der Waals surface area contributed by atoms with E-state index in [0.29, 0.717) is 5.92 Å². The molecule has 0 aliphatic carbocycles. The van der Waals surface area contributed by atoms with Crippen LogP contribution < -0.4 is 5.32 Å². The van der Waals surface area contributed by atoms with Gasteiger partial charge in [0, 0.05) is 24.0 Å². The molecule has 0 spiro atoms. The zero-order chi connectivity index (χ0) is 9.38. The van der Waals surface area contributed by atoms with Gasteiger partial charge in [0.25, 0.3) is 0 Å². The fraction of sp³-hybridized carbons (Fsp3) is 0.364. The molecule has 1 N–H and O–H groups in total. The Morgan fingerprint density at radius 1 is 1.43 bits per heavy atom. The molecule has 0 radical (unpaired) electrons. The summed E-state index contributed by atoms with van der Waals surface area (Å²) in [6.45, 7) is 2.14. The van der Waals surface area contributed by atoms with Gasteiger partial charge in [-0.25, -0.2) is 0 Å². The summed E-state index contributed by atoms with van der Waals surface area (Å²) < 4.78 is 5.36. The first-order chi connectivity index (χ1) is 6.95. The van der Waals surface area contributed by atoms with Gasteiger partial charge in [0.2, 0.25) is 0 Å². The van der Waals surface area contributed by atoms with E-state index >= 15 is 0 Å². The lowest BCUT2D eigenvalue weighted by atomic mass is 10.0. The molecule has 0 aromatic carbocycles. The van der Waals surface area contributed by atoms with Crippen molar-refractivity contribution in [2.75, 3.05) is 13.1 Å². The number of hydrogen-bond donors (Lipinski definition) is 1. The van der Waals surface area contributed by atoms with Crippen LogP contribution in [0.5, 0.6) is 0 Å². The minimum absolute atomic E-state index is 0.552. The van der Waals surface area contributed by atoms with Crippen molar-refractivity contribution in [3.8, 4) is 0 Å². The van der Waals surface area contributed by atoms with E-state index < -0.39 is 0 Å². The average molecular weight is 188 g/mol. The molecule has 0 amide bonds. The summed E-state index contributed by atoms with van der Waals surface area (Å²) in [5.41, 5.74) is 2.13. The first kappa shape index (κ1) is 8.00. The van der Waals surface area contributed by atoms with Crippen LogP contribution in [0.3, 0.4) is 0 Å². The van der Waals surface area contributed by atoms with Gasteiger partial charge in [-0.05, 0) is 25.1 Å². The van der Waals surface area contributed by atoms with Crippen molar-refractivity contribution in [2.45, 2.75) is 12.3 Å². The maximum absolute atomic E-state index is 5.36. The molecular formula is C11H12N2O. The predicted octanol–water partition coefficient (Wildman–Crippen LogP) is 1.90. The third-order valence-electron chi connectivity index (χ3n) is 2.86. The minimum Gasteiger partial charge on any atom is -0.464 e. The van der Waals surface area contributed by atoms with Crippen molar-refractivity contribution in [1.82, 2.24) is 10.3 Å². The Labute approximate surface area is 82.1 Å². The summed E-state index contributed by atoms with van der Waals surface area (Å²) in [4.78, 5) is 4.46. The van der Waals surface area contributed by atoms with E-state index in [4.69, 9.17) is 4.42 Å². The van der Waals surface area contributed by atoms with Crippen LogP contribution in [0.2, 0.25) is 0 Å². The van der Waals surface area contributed by atoms with Crippen LogP contribution in [0.4, 0.5) is 0 Å². The molecule has 1 aliphatic heterocycles. The highest BCUT2D eigenvalue weighted by atomic mass is 16.3. The number of hydrogen-bond acceptors (Lipinski definition) is 3. The van der Waals surface area contributed by atoms with E-state index in [9.17, 15) is 0 Å². The lowest BCUT2D eigenvalue weighted by Gasteiger charge is -2.07. The minimum atomic E-state index is 0.552. The molecule has 72 valence electrons. The predicted molar refractivity (Wildman–Crippen MR) is 54.2 cm³/mol. The summed E-state index contributed by atoms with van der Waals surface area (Å²) in [6.07, 6.45) is 4.75. The summed E-state index contributed by atoms with van der Waals surface area (Å²) in [6, 6.07) is 3.93. The fourth-order valence-corrected chi connectivity index (χ4v) is 2.13.